The number of imidazole rings is 1. The van der Waals surface area contributed by atoms with E-state index in [4.69, 9.17) is 0 Å². The van der Waals surface area contributed by atoms with E-state index in [2.05, 4.69) is 31.0 Å². The number of fused-ring (bicyclic) bond motifs is 5. The number of carbonyl (C=O) groups is 1. The number of halogens is 1. The van der Waals surface area contributed by atoms with Gasteiger partial charge in [0.1, 0.15) is 18.3 Å². The van der Waals surface area contributed by atoms with Crippen LogP contribution in [0.25, 0.3) is 17.1 Å². The van der Waals surface area contributed by atoms with Crippen molar-refractivity contribution in [2.45, 2.75) is 13.5 Å². The highest BCUT2D eigenvalue weighted by molar-refractivity contribution is 9.10. The molecule has 3 heterocycles. The lowest BCUT2D eigenvalue weighted by Gasteiger charge is -2.08. The summed E-state index contributed by atoms with van der Waals surface area (Å²) in [5, 5.41) is 4.29. The summed E-state index contributed by atoms with van der Waals surface area (Å²) in [7, 11) is 0. The Balaban J connectivity index is 2.01. The SMILES string of the molecule is CC=CC(=O)c1ncn2c1Cn1ncnc1-c1cc(Br)ccc1-2. The highest BCUT2D eigenvalue weighted by Crippen LogP contribution is 2.33. The zero-order valence-corrected chi connectivity index (χ0v) is 13.9. The molecule has 0 fully saturated rings. The van der Waals surface area contributed by atoms with Gasteiger partial charge < -0.3 is 0 Å². The Labute approximate surface area is 140 Å². The Kier molecular flexibility index (Phi) is 3.23. The van der Waals surface area contributed by atoms with Crippen LogP contribution in [0.4, 0.5) is 0 Å². The van der Waals surface area contributed by atoms with Crippen molar-refractivity contribution < 1.29 is 4.79 Å². The topological polar surface area (TPSA) is 65.6 Å². The Hall–Kier alpha value is -2.54. The van der Waals surface area contributed by atoms with Crippen molar-refractivity contribution >= 4 is 21.7 Å². The average molecular weight is 370 g/mol. The number of benzene rings is 1. The lowest BCUT2D eigenvalue weighted by molar-refractivity contribution is 0.104. The van der Waals surface area contributed by atoms with Crippen molar-refractivity contribution in [2.75, 3.05) is 0 Å². The maximum Gasteiger partial charge on any atom is 0.205 e. The van der Waals surface area contributed by atoms with E-state index in [1.54, 1.807) is 17.1 Å². The Morgan fingerprint density at radius 2 is 2.22 bits per heavy atom. The third-order valence-corrected chi connectivity index (χ3v) is 4.29. The first kappa shape index (κ1) is 14.1. The molecular formula is C16H12BrN5O. The predicted molar refractivity (Wildman–Crippen MR) is 88.5 cm³/mol. The zero-order chi connectivity index (χ0) is 16.0. The minimum Gasteiger partial charge on any atom is -0.300 e. The number of hydrogen-bond acceptors (Lipinski definition) is 4. The molecule has 0 unspecified atom stereocenters. The van der Waals surface area contributed by atoms with Crippen molar-refractivity contribution in [1.29, 1.82) is 0 Å². The van der Waals surface area contributed by atoms with Gasteiger partial charge >= 0.3 is 0 Å². The number of carbonyl (C=O) groups excluding carboxylic acids is 1. The van der Waals surface area contributed by atoms with Gasteiger partial charge in [0.05, 0.1) is 17.9 Å². The smallest absolute Gasteiger partial charge is 0.205 e. The number of nitrogens with zero attached hydrogens (tertiary/aromatic N) is 5. The number of hydrogen-bond donors (Lipinski definition) is 0. The lowest BCUT2D eigenvalue weighted by atomic mass is 10.1. The fourth-order valence-corrected chi connectivity index (χ4v) is 3.16. The molecule has 23 heavy (non-hydrogen) atoms. The van der Waals surface area contributed by atoms with Gasteiger partial charge in [0.25, 0.3) is 0 Å². The van der Waals surface area contributed by atoms with Gasteiger partial charge in [-0.15, -0.1) is 0 Å². The lowest BCUT2D eigenvalue weighted by Crippen LogP contribution is -2.09. The van der Waals surface area contributed by atoms with Crippen LogP contribution in [0, 0.1) is 0 Å². The van der Waals surface area contributed by atoms with Gasteiger partial charge in [-0.2, -0.15) is 5.10 Å². The van der Waals surface area contributed by atoms with Gasteiger partial charge in [-0.3, -0.25) is 9.36 Å². The summed E-state index contributed by atoms with van der Waals surface area (Å²) in [4.78, 5) is 21.0. The van der Waals surface area contributed by atoms with Gasteiger partial charge in [0.2, 0.25) is 5.78 Å². The van der Waals surface area contributed by atoms with Crippen molar-refractivity contribution in [1.82, 2.24) is 24.3 Å². The summed E-state index contributed by atoms with van der Waals surface area (Å²) in [6.07, 6.45) is 6.46. The van der Waals surface area contributed by atoms with E-state index in [0.717, 1.165) is 27.2 Å². The van der Waals surface area contributed by atoms with E-state index in [1.807, 2.05) is 29.7 Å². The van der Waals surface area contributed by atoms with Crippen LogP contribution in [0.5, 0.6) is 0 Å². The minimum atomic E-state index is -0.108. The van der Waals surface area contributed by atoms with Gasteiger partial charge in [0, 0.05) is 10.0 Å². The van der Waals surface area contributed by atoms with Crippen LogP contribution in [0.3, 0.4) is 0 Å². The number of aromatic nitrogens is 5. The quantitative estimate of drug-likeness (QED) is 0.402. The number of allylic oxidation sites excluding steroid dienone is 2. The molecule has 0 saturated heterocycles. The molecule has 114 valence electrons. The molecule has 6 nitrogen and oxygen atoms in total. The van der Waals surface area contributed by atoms with E-state index in [-0.39, 0.29) is 5.78 Å². The molecule has 0 N–H and O–H groups in total. The van der Waals surface area contributed by atoms with Gasteiger partial charge in [-0.25, -0.2) is 14.6 Å². The summed E-state index contributed by atoms with van der Waals surface area (Å²) in [5.74, 6) is 0.665. The summed E-state index contributed by atoms with van der Waals surface area (Å²) in [6.45, 7) is 2.26. The predicted octanol–water partition coefficient (Wildman–Crippen LogP) is 3.01. The molecule has 0 spiro atoms. The van der Waals surface area contributed by atoms with Gasteiger partial charge in [-0.1, -0.05) is 22.0 Å². The summed E-state index contributed by atoms with van der Waals surface area (Å²) < 4.78 is 4.69. The minimum absolute atomic E-state index is 0.108. The molecule has 4 rings (SSSR count). The van der Waals surface area contributed by atoms with Crippen LogP contribution in [0.1, 0.15) is 23.1 Å². The molecule has 2 aromatic heterocycles. The van der Waals surface area contributed by atoms with Crippen LogP contribution < -0.4 is 0 Å². The van der Waals surface area contributed by atoms with Crippen molar-refractivity contribution in [3.05, 3.63) is 58.9 Å². The van der Waals surface area contributed by atoms with Crippen LogP contribution in [0.2, 0.25) is 0 Å². The second-order valence-corrected chi connectivity index (χ2v) is 6.09. The molecule has 1 aliphatic rings. The van der Waals surface area contributed by atoms with E-state index >= 15 is 0 Å². The maximum atomic E-state index is 12.3. The summed E-state index contributed by atoms with van der Waals surface area (Å²) in [5.41, 5.74) is 3.13. The average Bonchev–Trinajstić information content (AvgIpc) is 3.13. The Morgan fingerprint density at radius 3 is 3.04 bits per heavy atom. The third kappa shape index (κ3) is 2.16. The normalized spacial score (nSPS) is 12.6. The molecule has 0 saturated carbocycles. The Bertz CT molecular complexity index is 953. The molecule has 0 radical (unpaired) electrons. The monoisotopic (exact) mass is 369 g/mol. The fourth-order valence-electron chi connectivity index (χ4n) is 2.80. The number of rotatable bonds is 2. The first-order chi connectivity index (χ1) is 11.2. The second-order valence-electron chi connectivity index (χ2n) is 5.18. The molecular weight excluding hydrogens is 358 g/mol. The molecule has 7 heteroatoms. The van der Waals surface area contributed by atoms with E-state index in [9.17, 15) is 4.79 Å². The van der Waals surface area contributed by atoms with Gasteiger partial charge in [0.15, 0.2) is 5.82 Å². The molecule has 0 atom stereocenters. The first-order valence-corrected chi connectivity index (χ1v) is 7.89. The van der Waals surface area contributed by atoms with E-state index in [0.29, 0.717) is 12.2 Å². The van der Waals surface area contributed by atoms with Crippen LogP contribution in [-0.2, 0) is 6.54 Å². The van der Waals surface area contributed by atoms with E-state index < -0.39 is 0 Å². The first-order valence-electron chi connectivity index (χ1n) is 7.10. The molecule has 0 aliphatic carbocycles. The second kappa shape index (κ2) is 5.27. The molecule has 1 aliphatic heterocycles. The standard InChI is InChI=1S/C16H12BrN5O/c1-2-3-14(23)15-13-7-22-16(18-8-20-22)11-6-10(17)4-5-12(11)21(13)9-19-15/h2-6,8-9H,7H2,1H3. The van der Waals surface area contributed by atoms with Crippen molar-refractivity contribution in [3.63, 3.8) is 0 Å². The highest BCUT2D eigenvalue weighted by atomic mass is 79.9. The molecule has 3 aromatic rings. The molecule has 0 bridgehead atoms. The largest absolute Gasteiger partial charge is 0.300 e. The Morgan fingerprint density at radius 1 is 1.35 bits per heavy atom. The van der Waals surface area contributed by atoms with E-state index in [1.165, 1.54) is 12.4 Å². The number of ketones is 1. The summed E-state index contributed by atoms with van der Waals surface area (Å²) in [6, 6.07) is 5.94. The third-order valence-electron chi connectivity index (χ3n) is 3.79. The van der Waals surface area contributed by atoms with Crippen molar-refractivity contribution in [2.24, 2.45) is 0 Å². The fraction of sp³-hybridized carbons (Fsp3) is 0.125. The van der Waals surface area contributed by atoms with Gasteiger partial charge in [-0.05, 0) is 31.2 Å². The van der Waals surface area contributed by atoms with Crippen molar-refractivity contribution in [3.8, 4) is 17.1 Å². The molecule has 0 amide bonds. The maximum absolute atomic E-state index is 12.3. The van der Waals surface area contributed by atoms with Crippen LogP contribution in [-0.4, -0.2) is 30.1 Å². The summed E-state index contributed by atoms with van der Waals surface area (Å²) >= 11 is 3.50. The molecule has 1 aromatic carbocycles. The van der Waals surface area contributed by atoms with Crippen LogP contribution >= 0.6 is 15.9 Å². The highest BCUT2D eigenvalue weighted by Gasteiger charge is 2.25. The zero-order valence-electron chi connectivity index (χ0n) is 12.3. The van der Waals surface area contributed by atoms with Crippen LogP contribution in [0.15, 0.2) is 47.5 Å².